The topological polar surface area (TPSA) is 28.1 Å². The lowest BCUT2D eigenvalue weighted by Gasteiger charge is -2.01. The Morgan fingerprint density at radius 1 is 0.750 bits per heavy atom. The Labute approximate surface area is 145 Å². The lowest BCUT2D eigenvalue weighted by molar-refractivity contribution is 1.38. The first-order valence-corrected chi connectivity index (χ1v) is 8.63. The van der Waals surface area contributed by atoms with Gasteiger partial charge in [0.25, 0.3) is 0 Å². The molecule has 0 aliphatic rings. The van der Waals surface area contributed by atoms with Crippen molar-refractivity contribution in [3.8, 4) is 0 Å². The van der Waals surface area contributed by atoms with Crippen LogP contribution in [0.15, 0.2) is 99.7 Å². The van der Waals surface area contributed by atoms with Crippen LogP contribution in [0, 0.1) is 0 Å². The molecule has 4 rings (SSSR count). The van der Waals surface area contributed by atoms with Crippen LogP contribution in [0.25, 0.3) is 10.9 Å². The molecule has 4 aromatic rings. The number of nitrogens with one attached hydrogen (secondary N) is 1. The predicted molar refractivity (Wildman–Crippen MR) is 103 cm³/mol. The quantitative estimate of drug-likeness (QED) is 0.452. The molecular formula is C21H16N2S. The maximum Gasteiger partial charge on any atom is 0.130 e. The molecule has 2 nitrogen and oxygen atoms in total. The second kappa shape index (κ2) is 6.77. The molecule has 0 saturated carbocycles. The smallest absolute Gasteiger partial charge is 0.130 e. The molecule has 1 heterocycles. The number of nitrogens with zero attached hydrogens (tertiary/aromatic N) is 1. The van der Waals surface area contributed by atoms with Gasteiger partial charge in [-0.3, -0.25) is 0 Å². The average Bonchev–Trinajstić information content (AvgIpc) is 3.04. The molecule has 0 saturated heterocycles. The van der Waals surface area contributed by atoms with Gasteiger partial charge in [0.1, 0.15) is 5.82 Å². The highest BCUT2D eigenvalue weighted by Crippen LogP contribution is 2.31. The zero-order chi connectivity index (χ0) is 16.2. The summed E-state index contributed by atoms with van der Waals surface area (Å²) in [4.78, 5) is 10.4. The van der Waals surface area contributed by atoms with Crippen LogP contribution in [-0.2, 0) is 0 Å². The van der Waals surface area contributed by atoms with Crippen molar-refractivity contribution in [1.29, 1.82) is 0 Å². The van der Waals surface area contributed by atoms with Gasteiger partial charge >= 0.3 is 0 Å². The summed E-state index contributed by atoms with van der Waals surface area (Å²) in [5, 5.41) is 1.18. The fraction of sp³-hybridized carbons (Fsp3) is 0. The number of aromatic amines is 1. The van der Waals surface area contributed by atoms with E-state index >= 15 is 0 Å². The van der Waals surface area contributed by atoms with E-state index in [1.54, 1.807) is 11.8 Å². The first-order chi connectivity index (χ1) is 11.9. The minimum absolute atomic E-state index is 0.871. The van der Waals surface area contributed by atoms with Crippen molar-refractivity contribution in [2.45, 2.75) is 9.79 Å². The fourth-order valence-corrected chi connectivity index (χ4v) is 3.42. The first-order valence-electron chi connectivity index (χ1n) is 7.82. The van der Waals surface area contributed by atoms with E-state index in [1.165, 1.54) is 15.2 Å². The van der Waals surface area contributed by atoms with Crippen molar-refractivity contribution in [2.75, 3.05) is 0 Å². The van der Waals surface area contributed by atoms with Gasteiger partial charge in [0.15, 0.2) is 0 Å². The van der Waals surface area contributed by atoms with Crippen molar-refractivity contribution in [2.24, 2.45) is 4.99 Å². The molecule has 0 atom stereocenters. The number of hydrogen-bond donors (Lipinski definition) is 1. The number of H-pyrrole nitrogens is 1. The van der Waals surface area contributed by atoms with Gasteiger partial charge in [-0.2, -0.15) is 0 Å². The maximum absolute atomic E-state index is 4.54. The third-order valence-corrected chi connectivity index (χ3v) is 4.71. The second-order valence-corrected chi connectivity index (χ2v) is 6.63. The van der Waals surface area contributed by atoms with Crippen LogP contribution >= 0.6 is 11.8 Å². The molecule has 0 spiro atoms. The highest BCUT2D eigenvalue weighted by Gasteiger charge is 2.02. The molecule has 24 heavy (non-hydrogen) atoms. The van der Waals surface area contributed by atoms with E-state index in [1.807, 2.05) is 42.6 Å². The molecule has 1 N–H and O–H groups in total. The summed E-state index contributed by atoms with van der Waals surface area (Å²) in [5.41, 5.74) is 2.20. The predicted octanol–water partition coefficient (Wildman–Crippen LogP) is 6.07. The molecule has 0 amide bonds. The fourth-order valence-electron chi connectivity index (χ4n) is 2.54. The SMILES string of the molecule is C(=N\c1cc2cc(Sc3ccccc3)ccc2[nH]1)/c1ccccc1. The molecule has 0 aliphatic heterocycles. The molecule has 0 bridgehead atoms. The zero-order valence-corrected chi connectivity index (χ0v) is 13.8. The van der Waals surface area contributed by atoms with E-state index in [9.17, 15) is 0 Å². The van der Waals surface area contributed by atoms with Crippen LogP contribution in [0.5, 0.6) is 0 Å². The van der Waals surface area contributed by atoms with Crippen LogP contribution in [-0.4, -0.2) is 11.2 Å². The van der Waals surface area contributed by atoms with E-state index < -0.39 is 0 Å². The number of hydrogen-bond acceptors (Lipinski definition) is 2. The largest absolute Gasteiger partial charge is 0.340 e. The van der Waals surface area contributed by atoms with Gasteiger partial charge in [0.05, 0.1) is 0 Å². The van der Waals surface area contributed by atoms with E-state index in [2.05, 4.69) is 58.5 Å². The van der Waals surface area contributed by atoms with Gasteiger partial charge in [-0.05, 0) is 42.0 Å². The monoisotopic (exact) mass is 328 g/mol. The van der Waals surface area contributed by atoms with Gasteiger partial charge in [-0.25, -0.2) is 4.99 Å². The van der Waals surface area contributed by atoms with Gasteiger partial charge in [0.2, 0.25) is 0 Å². The summed E-state index contributed by atoms with van der Waals surface area (Å²) >= 11 is 1.77. The van der Waals surface area contributed by atoms with Gasteiger partial charge in [0, 0.05) is 26.9 Å². The van der Waals surface area contributed by atoms with E-state index in [0.29, 0.717) is 0 Å². The zero-order valence-electron chi connectivity index (χ0n) is 13.0. The Morgan fingerprint density at radius 3 is 2.29 bits per heavy atom. The van der Waals surface area contributed by atoms with Crippen molar-refractivity contribution in [3.63, 3.8) is 0 Å². The van der Waals surface area contributed by atoms with Gasteiger partial charge in [-0.1, -0.05) is 60.3 Å². The van der Waals surface area contributed by atoms with E-state index in [0.717, 1.165) is 16.9 Å². The summed E-state index contributed by atoms with van der Waals surface area (Å²) in [6, 6.07) is 29.1. The number of aromatic nitrogens is 1. The molecule has 0 fully saturated rings. The van der Waals surface area contributed by atoms with Crippen molar-refractivity contribution in [3.05, 3.63) is 90.5 Å². The normalized spacial score (nSPS) is 11.3. The van der Waals surface area contributed by atoms with Gasteiger partial charge < -0.3 is 4.98 Å². The maximum atomic E-state index is 4.54. The standard InChI is InChI=1S/C21H16N2S/c1-3-7-16(8-4-1)15-22-21-14-17-13-19(11-12-20(17)23-21)24-18-9-5-2-6-10-18/h1-15,23H/b22-15+. The van der Waals surface area contributed by atoms with Crippen molar-refractivity contribution < 1.29 is 0 Å². The molecule has 0 aliphatic carbocycles. The highest BCUT2D eigenvalue weighted by molar-refractivity contribution is 7.99. The molecule has 0 radical (unpaired) electrons. The third-order valence-electron chi connectivity index (χ3n) is 3.71. The summed E-state index contributed by atoms with van der Waals surface area (Å²) in [6.45, 7) is 0. The summed E-state index contributed by atoms with van der Waals surface area (Å²) in [7, 11) is 0. The molecule has 3 heteroatoms. The van der Waals surface area contributed by atoms with Crippen LogP contribution in [0.1, 0.15) is 5.56 Å². The number of rotatable bonds is 4. The minimum atomic E-state index is 0.871. The Kier molecular flexibility index (Phi) is 4.17. The highest BCUT2D eigenvalue weighted by atomic mass is 32.2. The van der Waals surface area contributed by atoms with Crippen LogP contribution in [0.4, 0.5) is 5.82 Å². The summed E-state index contributed by atoms with van der Waals surface area (Å²) < 4.78 is 0. The third kappa shape index (κ3) is 3.42. The number of fused-ring (bicyclic) bond motifs is 1. The lowest BCUT2D eigenvalue weighted by atomic mass is 10.2. The molecule has 1 aromatic heterocycles. The van der Waals surface area contributed by atoms with E-state index in [-0.39, 0.29) is 0 Å². The second-order valence-electron chi connectivity index (χ2n) is 5.49. The minimum Gasteiger partial charge on any atom is -0.340 e. The van der Waals surface area contributed by atoms with Crippen LogP contribution in [0.3, 0.4) is 0 Å². The first kappa shape index (κ1) is 14.8. The molecular weight excluding hydrogens is 312 g/mol. The molecule has 116 valence electrons. The Bertz CT molecular complexity index is 973. The summed E-state index contributed by atoms with van der Waals surface area (Å²) in [6.07, 6.45) is 1.88. The molecule has 3 aromatic carbocycles. The van der Waals surface area contributed by atoms with Gasteiger partial charge in [-0.15, -0.1) is 0 Å². The summed E-state index contributed by atoms with van der Waals surface area (Å²) in [5.74, 6) is 0.871. The Balaban J connectivity index is 1.58. The Hall–Kier alpha value is -2.78. The number of aliphatic imine (C=N–C) groups is 1. The van der Waals surface area contributed by atoms with Crippen molar-refractivity contribution >= 4 is 34.7 Å². The van der Waals surface area contributed by atoms with Crippen LogP contribution < -0.4 is 0 Å². The lowest BCUT2D eigenvalue weighted by Crippen LogP contribution is -1.77. The van der Waals surface area contributed by atoms with E-state index in [4.69, 9.17) is 0 Å². The molecule has 0 unspecified atom stereocenters. The average molecular weight is 328 g/mol. The van der Waals surface area contributed by atoms with Crippen molar-refractivity contribution in [1.82, 2.24) is 4.98 Å². The number of benzene rings is 3. The van der Waals surface area contributed by atoms with Crippen LogP contribution in [0.2, 0.25) is 0 Å². The Morgan fingerprint density at radius 2 is 1.50 bits per heavy atom.